The normalized spacial score (nSPS) is 15.5. The Hall–Kier alpha value is -0.650. The van der Waals surface area contributed by atoms with E-state index in [9.17, 15) is 9.18 Å². The van der Waals surface area contributed by atoms with Crippen molar-refractivity contribution in [3.8, 4) is 0 Å². The molecule has 21 heavy (non-hydrogen) atoms. The van der Waals surface area contributed by atoms with Crippen LogP contribution in [0.15, 0.2) is 22.7 Å². The summed E-state index contributed by atoms with van der Waals surface area (Å²) in [6.45, 7) is 2.73. The number of rotatable bonds is 5. The first-order valence-corrected chi connectivity index (χ1v) is 7.88. The third-order valence-electron chi connectivity index (χ3n) is 3.55. The van der Waals surface area contributed by atoms with Crippen LogP contribution in [-0.4, -0.2) is 30.4 Å². The van der Waals surface area contributed by atoms with Crippen molar-refractivity contribution in [1.82, 2.24) is 10.2 Å². The molecule has 1 aromatic carbocycles. The maximum atomic E-state index is 13.5. The first-order valence-electron chi connectivity index (χ1n) is 7.09. The molecule has 6 heteroatoms. The van der Waals surface area contributed by atoms with Crippen molar-refractivity contribution in [3.63, 3.8) is 0 Å². The maximum absolute atomic E-state index is 13.5. The molecule has 1 aliphatic heterocycles. The SMILES string of the molecule is Cl.O=C1CCCCCN1CCNCc1cc(Br)ccc1F. The van der Waals surface area contributed by atoms with E-state index in [1.807, 2.05) is 4.90 Å². The second kappa shape index (κ2) is 9.38. The second-order valence-corrected chi connectivity index (χ2v) is 6.02. The monoisotopic (exact) mass is 378 g/mol. The Labute approximate surface area is 139 Å². The molecular formula is C15H21BrClFN2O. The van der Waals surface area contributed by atoms with Gasteiger partial charge in [0, 0.05) is 42.6 Å². The van der Waals surface area contributed by atoms with E-state index in [-0.39, 0.29) is 24.1 Å². The summed E-state index contributed by atoms with van der Waals surface area (Å²) in [6, 6.07) is 4.92. The molecule has 118 valence electrons. The lowest BCUT2D eigenvalue weighted by atomic mass is 10.2. The summed E-state index contributed by atoms with van der Waals surface area (Å²) in [6.07, 6.45) is 3.90. The summed E-state index contributed by atoms with van der Waals surface area (Å²) in [4.78, 5) is 13.7. The summed E-state index contributed by atoms with van der Waals surface area (Å²) < 4.78 is 14.4. The molecule has 1 aromatic rings. The Morgan fingerprint density at radius 1 is 1.29 bits per heavy atom. The highest BCUT2D eigenvalue weighted by Gasteiger charge is 2.15. The van der Waals surface area contributed by atoms with Crippen molar-refractivity contribution in [1.29, 1.82) is 0 Å². The summed E-state index contributed by atoms with van der Waals surface area (Å²) in [5, 5.41) is 3.20. The average Bonchev–Trinajstić information content (AvgIpc) is 2.63. The lowest BCUT2D eigenvalue weighted by molar-refractivity contribution is -0.130. The van der Waals surface area contributed by atoms with E-state index < -0.39 is 0 Å². The molecule has 1 N–H and O–H groups in total. The number of likely N-dealkylation sites (tertiary alicyclic amines) is 1. The molecule has 0 unspecified atom stereocenters. The van der Waals surface area contributed by atoms with Crippen molar-refractivity contribution < 1.29 is 9.18 Å². The largest absolute Gasteiger partial charge is 0.341 e. The highest BCUT2D eigenvalue weighted by atomic mass is 79.9. The van der Waals surface area contributed by atoms with Crippen molar-refractivity contribution in [2.24, 2.45) is 0 Å². The topological polar surface area (TPSA) is 32.3 Å². The Morgan fingerprint density at radius 3 is 2.90 bits per heavy atom. The fourth-order valence-corrected chi connectivity index (χ4v) is 2.80. The maximum Gasteiger partial charge on any atom is 0.222 e. The van der Waals surface area contributed by atoms with Gasteiger partial charge in [-0.1, -0.05) is 22.4 Å². The molecule has 2 rings (SSSR count). The van der Waals surface area contributed by atoms with E-state index in [1.165, 1.54) is 6.07 Å². The smallest absolute Gasteiger partial charge is 0.222 e. The van der Waals surface area contributed by atoms with E-state index in [1.54, 1.807) is 12.1 Å². The van der Waals surface area contributed by atoms with Gasteiger partial charge in [-0.15, -0.1) is 12.4 Å². The minimum atomic E-state index is -0.202. The minimum absolute atomic E-state index is 0. The van der Waals surface area contributed by atoms with Crippen LogP contribution in [0.25, 0.3) is 0 Å². The van der Waals surface area contributed by atoms with Crippen LogP contribution in [0.5, 0.6) is 0 Å². The molecule has 0 saturated carbocycles. The molecule has 1 heterocycles. The number of halogens is 3. The number of nitrogens with zero attached hydrogens (tertiary/aromatic N) is 1. The highest BCUT2D eigenvalue weighted by molar-refractivity contribution is 9.10. The molecule has 0 atom stereocenters. The molecule has 0 radical (unpaired) electrons. The number of nitrogens with one attached hydrogen (secondary N) is 1. The van der Waals surface area contributed by atoms with E-state index in [0.717, 1.165) is 30.3 Å². The molecule has 1 amide bonds. The molecule has 1 aliphatic rings. The standard InChI is InChI=1S/C15H20BrFN2O.ClH/c16-13-5-6-14(17)12(10-13)11-18-7-9-19-8-3-1-2-4-15(19)20;/h5-6,10,18H,1-4,7-9,11H2;1H. The van der Waals surface area contributed by atoms with Crippen LogP contribution in [0, 0.1) is 5.82 Å². The minimum Gasteiger partial charge on any atom is -0.341 e. The van der Waals surface area contributed by atoms with Crippen LogP contribution in [0.3, 0.4) is 0 Å². The third kappa shape index (κ3) is 5.93. The van der Waals surface area contributed by atoms with Crippen molar-refractivity contribution in [2.45, 2.75) is 32.2 Å². The lowest BCUT2D eigenvalue weighted by Crippen LogP contribution is -2.36. The van der Waals surface area contributed by atoms with Crippen molar-refractivity contribution in [2.75, 3.05) is 19.6 Å². The Kier molecular flexibility index (Phi) is 8.22. The van der Waals surface area contributed by atoms with Gasteiger partial charge in [-0.05, 0) is 31.0 Å². The van der Waals surface area contributed by atoms with Crippen LogP contribution >= 0.6 is 28.3 Å². The van der Waals surface area contributed by atoms with Gasteiger partial charge in [0.1, 0.15) is 5.82 Å². The van der Waals surface area contributed by atoms with Gasteiger partial charge < -0.3 is 10.2 Å². The number of carbonyl (C=O) groups is 1. The number of amides is 1. The Balaban J connectivity index is 0.00000220. The van der Waals surface area contributed by atoms with Crippen LogP contribution in [0.1, 0.15) is 31.2 Å². The fraction of sp³-hybridized carbons (Fsp3) is 0.533. The Morgan fingerprint density at radius 2 is 2.10 bits per heavy atom. The van der Waals surface area contributed by atoms with Crippen molar-refractivity contribution in [3.05, 3.63) is 34.1 Å². The van der Waals surface area contributed by atoms with Gasteiger partial charge in [0.2, 0.25) is 5.91 Å². The average molecular weight is 380 g/mol. The summed E-state index contributed by atoms with van der Waals surface area (Å²) in [5.74, 6) is 0.0458. The molecule has 3 nitrogen and oxygen atoms in total. The van der Waals surface area contributed by atoms with Crippen molar-refractivity contribution >= 4 is 34.2 Å². The van der Waals surface area contributed by atoms with Gasteiger partial charge in [-0.3, -0.25) is 4.79 Å². The molecule has 0 bridgehead atoms. The van der Waals surface area contributed by atoms with Gasteiger partial charge in [-0.25, -0.2) is 4.39 Å². The highest BCUT2D eigenvalue weighted by Crippen LogP contribution is 2.15. The van der Waals surface area contributed by atoms with E-state index in [0.29, 0.717) is 31.6 Å². The summed E-state index contributed by atoms with van der Waals surface area (Å²) in [5.41, 5.74) is 0.640. The zero-order valence-corrected chi connectivity index (χ0v) is 14.3. The molecule has 0 spiro atoms. The zero-order valence-electron chi connectivity index (χ0n) is 11.9. The molecular weight excluding hydrogens is 359 g/mol. The lowest BCUT2D eigenvalue weighted by Gasteiger charge is -2.20. The van der Waals surface area contributed by atoms with E-state index >= 15 is 0 Å². The van der Waals surface area contributed by atoms with Gasteiger partial charge in [0.15, 0.2) is 0 Å². The van der Waals surface area contributed by atoms with Gasteiger partial charge >= 0.3 is 0 Å². The van der Waals surface area contributed by atoms with E-state index in [4.69, 9.17) is 0 Å². The number of carbonyl (C=O) groups excluding carboxylic acids is 1. The summed E-state index contributed by atoms with van der Waals surface area (Å²) in [7, 11) is 0. The molecule has 0 aromatic heterocycles. The molecule has 1 fully saturated rings. The number of benzene rings is 1. The van der Waals surface area contributed by atoms with Crippen LogP contribution in [0.2, 0.25) is 0 Å². The fourth-order valence-electron chi connectivity index (χ4n) is 2.39. The third-order valence-corrected chi connectivity index (χ3v) is 4.05. The van der Waals surface area contributed by atoms with E-state index in [2.05, 4.69) is 21.2 Å². The molecule has 0 aliphatic carbocycles. The first-order chi connectivity index (χ1) is 9.66. The van der Waals surface area contributed by atoms with Gasteiger partial charge in [-0.2, -0.15) is 0 Å². The number of hydrogen-bond acceptors (Lipinski definition) is 2. The first kappa shape index (κ1) is 18.4. The predicted octanol–water partition coefficient (Wildman–Crippen LogP) is 3.50. The van der Waals surface area contributed by atoms with Gasteiger partial charge in [0.05, 0.1) is 0 Å². The number of hydrogen-bond donors (Lipinski definition) is 1. The summed E-state index contributed by atoms with van der Waals surface area (Å²) >= 11 is 3.34. The second-order valence-electron chi connectivity index (χ2n) is 5.10. The van der Waals surface area contributed by atoms with Crippen LogP contribution < -0.4 is 5.32 Å². The zero-order chi connectivity index (χ0) is 14.4. The van der Waals surface area contributed by atoms with Gasteiger partial charge in [0.25, 0.3) is 0 Å². The Bertz CT molecular complexity index is 473. The quantitative estimate of drug-likeness (QED) is 0.794. The van der Waals surface area contributed by atoms with Crippen LogP contribution in [0.4, 0.5) is 4.39 Å². The predicted molar refractivity (Wildman–Crippen MR) is 88.1 cm³/mol. The van der Waals surface area contributed by atoms with Crippen LogP contribution in [-0.2, 0) is 11.3 Å². The molecule has 1 saturated heterocycles.